The molecule has 1 unspecified atom stereocenters. The van der Waals surface area contributed by atoms with Crippen molar-refractivity contribution in [3.63, 3.8) is 0 Å². The molecule has 4 aromatic rings. The Balaban J connectivity index is 1.81. The summed E-state index contributed by atoms with van der Waals surface area (Å²) in [5.74, 6) is -1.94. The van der Waals surface area contributed by atoms with Crippen LogP contribution in [0, 0.1) is 13.8 Å². The van der Waals surface area contributed by atoms with Crippen molar-refractivity contribution in [1.29, 1.82) is 0 Å². The quantitative estimate of drug-likeness (QED) is 0.436. The molecule has 7 heteroatoms. The SMILES string of the molecule is CCCC(NC(=O)Cc1c(C)c2c(cc(C)c3c(-c4ccccc4)coc32)oc1=O)C(=O)[O-]. The first-order chi connectivity index (χ1) is 15.8. The Hall–Kier alpha value is -3.87. The number of furan rings is 1. The van der Waals surface area contributed by atoms with Gasteiger partial charge in [-0.2, -0.15) is 0 Å². The van der Waals surface area contributed by atoms with Gasteiger partial charge < -0.3 is 24.1 Å². The fourth-order valence-corrected chi connectivity index (χ4v) is 4.27. The topological polar surface area (TPSA) is 113 Å². The van der Waals surface area contributed by atoms with Gasteiger partial charge in [-0.25, -0.2) is 4.79 Å². The molecule has 0 bridgehead atoms. The zero-order valence-electron chi connectivity index (χ0n) is 18.7. The molecule has 33 heavy (non-hydrogen) atoms. The van der Waals surface area contributed by atoms with Crippen molar-refractivity contribution in [2.45, 2.75) is 46.1 Å². The highest BCUT2D eigenvalue weighted by molar-refractivity contribution is 6.11. The van der Waals surface area contributed by atoms with Crippen molar-refractivity contribution in [3.8, 4) is 11.1 Å². The van der Waals surface area contributed by atoms with Gasteiger partial charge >= 0.3 is 5.63 Å². The Bertz CT molecular complexity index is 1410. The van der Waals surface area contributed by atoms with E-state index in [4.69, 9.17) is 8.83 Å². The van der Waals surface area contributed by atoms with Gasteiger partial charge in [-0.1, -0.05) is 43.7 Å². The van der Waals surface area contributed by atoms with Crippen molar-refractivity contribution in [1.82, 2.24) is 5.32 Å². The third-order valence-electron chi connectivity index (χ3n) is 5.90. The molecule has 1 amide bonds. The van der Waals surface area contributed by atoms with Gasteiger partial charge in [0.1, 0.15) is 11.2 Å². The Kier molecular flexibility index (Phi) is 6.05. The van der Waals surface area contributed by atoms with Gasteiger partial charge in [-0.3, -0.25) is 4.79 Å². The summed E-state index contributed by atoms with van der Waals surface area (Å²) in [7, 11) is 0. The van der Waals surface area contributed by atoms with Crippen molar-refractivity contribution in [2.75, 3.05) is 0 Å². The number of carbonyl (C=O) groups is 2. The number of aryl methyl sites for hydroxylation is 2. The van der Waals surface area contributed by atoms with Crippen LogP contribution in [0.25, 0.3) is 33.1 Å². The lowest BCUT2D eigenvalue weighted by molar-refractivity contribution is -0.308. The minimum Gasteiger partial charge on any atom is -0.548 e. The summed E-state index contributed by atoms with van der Waals surface area (Å²) < 4.78 is 11.5. The minimum atomic E-state index is -1.35. The molecule has 0 aliphatic heterocycles. The van der Waals surface area contributed by atoms with Crippen LogP contribution < -0.4 is 16.0 Å². The zero-order chi connectivity index (χ0) is 23.7. The van der Waals surface area contributed by atoms with E-state index in [0.29, 0.717) is 28.5 Å². The number of hydrogen-bond acceptors (Lipinski definition) is 6. The van der Waals surface area contributed by atoms with E-state index in [2.05, 4.69) is 5.32 Å². The maximum atomic E-state index is 12.7. The summed E-state index contributed by atoms with van der Waals surface area (Å²) in [6, 6.07) is 10.5. The first-order valence-electron chi connectivity index (χ1n) is 10.8. The van der Waals surface area contributed by atoms with Crippen LogP contribution in [0.15, 0.2) is 56.3 Å². The fourth-order valence-electron chi connectivity index (χ4n) is 4.27. The van der Waals surface area contributed by atoms with E-state index in [-0.39, 0.29) is 18.4 Å². The summed E-state index contributed by atoms with van der Waals surface area (Å²) in [6.45, 7) is 5.47. The van der Waals surface area contributed by atoms with Crippen molar-refractivity contribution < 1.29 is 23.5 Å². The van der Waals surface area contributed by atoms with E-state index in [1.165, 1.54) is 0 Å². The molecule has 0 aliphatic carbocycles. The van der Waals surface area contributed by atoms with Crippen LogP contribution in [0.1, 0.15) is 36.5 Å². The molecular formula is C26H24NO6-. The van der Waals surface area contributed by atoms with Crippen LogP contribution in [0.4, 0.5) is 0 Å². The third-order valence-corrected chi connectivity index (χ3v) is 5.90. The van der Waals surface area contributed by atoms with Gasteiger partial charge in [-0.05, 0) is 43.0 Å². The second-order valence-corrected chi connectivity index (χ2v) is 8.18. The van der Waals surface area contributed by atoms with Gasteiger partial charge in [0, 0.05) is 10.9 Å². The summed E-state index contributed by atoms with van der Waals surface area (Å²) >= 11 is 0. The Morgan fingerprint density at radius 2 is 1.85 bits per heavy atom. The molecule has 2 heterocycles. The number of hydrogen-bond donors (Lipinski definition) is 1. The lowest BCUT2D eigenvalue weighted by Crippen LogP contribution is -2.48. The van der Waals surface area contributed by atoms with Gasteiger partial charge in [-0.15, -0.1) is 0 Å². The highest BCUT2D eigenvalue weighted by Gasteiger charge is 2.22. The fraction of sp³-hybridized carbons (Fsp3) is 0.269. The molecule has 1 N–H and O–H groups in total. The van der Waals surface area contributed by atoms with Crippen LogP contribution in [-0.4, -0.2) is 17.9 Å². The Morgan fingerprint density at radius 1 is 1.12 bits per heavy atom. The second kappa shape index (κ2) is 8.94. The number of carboxylic acids is 1. The van der Waals surface area contributed by atoms with E-state index in [9.17, 15) is 19.5 Å². The number of benzene rings is 2. The second-order valence-electron chi connectivity index (χ2n) is 8.18. The largest absolute Gasteiger partial charge is 0.548 e. The van der Waals surface area contributed by atoms with Crippen LogP contribution in [-0.2, 0) is 16.0 Å². The molecule has 0 spiro atoms. The summed E-state index contributed by atoms with van der Waals surface area (Å²) in [4.78, 5) is 36.5. The third kappa shape index (κ3) is 4.14. The number of fused-ring (bicyclic) bond motifs is 3. The summed E-state index contributed by atoms with van der Waals surface area (Å²) in [5, 5.41) is 15.2. The first kappa shape index (κ1) is 22.3. The molecule has 1 atom stereocenters. The predicted octanol–water partition coefficient (Wildman–Crippen LogP) is 3.40. The first-order valence-corrected chi connectivity index (χ1v) is 10.8. The average Bonchev–Trinajstić information content (AvgIpc) is 3.22. The van der Waals surface area contributed by atoms with Gasteiger partial charge in [0.2, 0.25) is 5.91 Å². The maximum Gasteiger partial charge on any atom is 0.340 e. The number of carboxylic acid groups (broad SMARTS) is 1. The summed E-state index contributed by atoms with van der Waals surface area (Å²) in [6.07, 6.45) is 2.18. The van der Waals surface area contributed by atoms with E-state index in [1.54, 1.807) is 19.3 Å². The average molecular weight is 446 g/mol. The normalized spacial score (nSPS) is 12.2. The van der Waals surface area contributed by atoms with Crippen molar-refractivity contribution in [2.24, 2.45) is 0 Å². The number of amides is 1. The van der Waals surface area contributed by atoms with Crippen LogP contribution >= 0.6 is 0 Å². The molecule has 4 rings (SSSR count). The number of rotatable bonds is 7. The van der Waals surface area contributed by atoms with E-state index < -0.39 is 23.5 Å². The van der Waals surface area contributed by atoms with E-state index >= 15 is 0 Å². The molecule has 0 saturated carbocycles. The van der Waals surface area contributed by atoms with E-state index in [0.717, 1.165) is 22.1 Å². The molecule has 0 fully saturated rings. The van der Waals surface area contributed by atoms with Crippen molar-refractivity contribution >= 4 is 33.8 Å². The molecule has 0 radical (unpaired) electrons. The highest BCUT2D eigenvalue weighted by atomic mass is 16.4. The summed E-state index contributed by atoms with van der Waals surface area (Å²) in [5.41, 5.74) is 3.86. The number of nitrogens with one attached hydrogen (secondary N) is 1. The van der Waals surface area contributed by atoms with Gasteiger partial charge in [0.15, 0.2) is 0 Å². The Morgan fingerprint density at radius 3 is 2.52 bits per heavy atom. The molecule has 2 aromatic heterocycles. The molecule has 0 aliphatic rings. The highest BCUT2D eigenvalue weighted by Crippen LogP contribution is 2.38. The van der Waals surface area contributed by atoms with Crippen LogP contribution in [0.5, 0.6) is 0 Å². The number of carbonyl (C=O) groups excluding carboxylic acids is 2. The Labute approximate surface area is 190 Å². The molecule has 2 aromatic carbocycles. The maximum absolute atomic E-state index is 12.7. The number of aliphatic carboxylic acids is 1. The van der Waals surface area contributed by atoms with Crippen molar-refractivity contribution in [3.05, 3.63) is 69.8 Å². The molecule has 170 valence electrons. The smallest absolute Gasteiger partial charge is 0.340 e. The minimum absolute atomic E-state index is 0.163. The van der Waals surface area contributed by atoms with Gasteiger partial charge in [0.25, 0.3) is 0 Å². The molecule has 7 nitrogen and oxygen atoms in total. The van der Waals surface area contributed by atoms with Crippen LogP contribution in [0.2, 0.25) is 0 Å². The molecule has 0 saturated heterocycles. The monoisotopic (exact) mass is 446 g/mol. The lowest BCUT2D eigenvalue weighted by Gasteiger charge is -2.19. The standard InChI is InChI=1S/C26H25NO6/c1-4-8-19(25(29)30)27-21(28)12-17-15(3)23-20(33-26(17)31)11-14(2)22-18(13-32-24(22)23)16-9-6-5-7-10-16/h5-7,9-11,13,19H,4,8,12H2,1-3H3,(H,27,28)(H,29,30)/p-1. The van der Waals surface area contributed by atoms with E-state index in [1.807, 2.05) is 44.2 Å². The predicted molar refractivity (Wildman–Crippen MR) is 123 cm³/mol. The lowest BCUT2D eigenvalue weighted by atomic mass is 9.96. The molecular weight excluding hydrogens is 422 g/mol. The van der Waals surface area contributed by atoms with Crippen LogP contribution in [0.3, 0.4) is 0 Å². The zero-order valence-corrected chi connectivity index (χ0v) is 18.7. The van der Waals surface area contributed by atoms with Gasteiger partial charge in [0.05, 0.1) is 35.6 Å².